The molecule has 3 nitrogen and oxygen atoms in total. The molecule has 1 amide bonds. The van der Waals surface area contributed by atoms with Crippen LogP contribution in [0.5, 0.6) is 0 Å². The van der Waals surface area contributed by atoms with Gasteiger partial charge in [-0.1, -0.05) is 6.42 Å². The van der Waals surface area contributed by atoms with Crippen LogP contribution in [0.25, 0.3) is 0 Å². The highest BCUT2D eigenvalue weighted by Crippen LogP contribution is 2.04. The van der Waals surface area contributed by atoms with E-state index < -0.39 is 0 Å². The largest absolute Gasteiger partial charge is 0.356 e. The molecular formula is C7H14N2O. The average Bonchev–Trinajstić information content (AvgIpc) is 1.83. The van der Waals surface area contributed by atoms with E-state index in [-0.39, 0.29) is 11.9 Å². The van der Waals surface area contributed by atoms with Gasteiger partial charge in [-0.15, -0.1) is 0 Å². The van der Waals surface area contributed by atoms with E-state index in [1.54, 1.807) is 0 Å². The van der Waals surface area contributed by atoms with Gasteiger partial charge in [-0.05, 0) is 12.8 Å². The van der Waals surface area contributed by atoms with Crippen LogP contribution in [0.1, 0.15) is 25.7 Å². The van der Waals surface area contributed by atoms with Gasteiger partial charge in [0, 0.05) is 19.0 Å². The van der Waals surface area contributed by atoms with Crippen molar-refractivity contribution in [2.24, 2.45) is 5.73 Å². The Hall–Kier alpha value is -0.570. The number of amides is 1. The molecule has 0 saturated carbocycles. The van der Waals surface area contributed by atoms with Crippen molar-refractivity contribution >= 4 is 5.91 Å². The molecule has 1 aliphatic rings. The molecule has 0 aromatic rings. The summed E-state index contributed by atoms with van der Waals surface area (Å²) in [6.45, 7) is 0.825. The maximum atomic E-state index is 10.9. The zero-order chi connectivity index (χ0) is 7.40. The van der Waals surface area contributed by atoms with Crippen LogP contribution >= 0.6 is 0 Å². The first-order valence-corrected chi connectivity index (χ1v) is 3.81. The van der Waals surface area contributed by atoms with E-state index in [0.29, 0.717) is 6.42 Å². The van der Waals surface area contributed by atoms with Gasteiger partial charge in [0.1, 0.15) is 0 Å². The van der Waals surface area contributed by atoms with Crippen molar-refractivity contribution in [3.8, 4) is 0 Å². The Labute approximate surface area is 61.0 Å². The highest BCUT2D eigenvalue weighted by atomic mass is 16.1. The lowest BCUT2D eigenvalue weighted by Gasteiger charge is -2.14. The van der Waals surface area contributed by atoms with Crippen LogP contribution in [0.2, 0.25) is 0 Å². The SMILES string of the molecule is NC1CCCCNC(=O)C1. The Kier molecular flexibility index (Phi) is 2.68. The average molecular weight is 142 g/mol. The van der Waals surface area contributed by atoms with Crippen molar-refractivity contribution in [3.63, 3.8) is 0 Å². The third kappa shape index (κ3) is 2.35. The van der Waals surface area contributed by atoms with Gasteiger partial charge >= 0.3 is 0 Å². The lowest BCUT2D eigenvalue weighted by Crippen LogP contribution is -2.34. The predicted molar refractivity (Wildman–Crippen MR) is 39.5 cm³/mol. The Morgan fingerprint density at radius 3 is 3.10 bits per heavy atom. The number of rotatable bonds is 0. The molecule has 3 heteroatoms. The molecule has 1 unspecified atom stereocenters. The van der Waals surface area contributed by atoms with Gasteiger partial charge in [0.05, 0.1) is 0 Å². The molecule has 0 aliphatic carbocycles. The molecule has 1 aliphatic heterocycles. The minimum Gasteiger partial charge on any atom is -0.356 e. The van der Waals surface area contributed by atoms with E-state index in [1.165, 1.54) is 0 Å². The van der Waals surface area contributed by atoms with Crippen LogP contribution in [0.4, 0.5) is 0 Å². The second-order valence-electron chi connectivity index (χ2n) is 2.81. The van der Waals surface area contributed by atoms with Gasteiger partial charge in [0.15, 0.2) is 0 Å². The lowest BCUT2D eigenvalue weighted by molar-refractivity contribution is -0.121. The molecule has 10 heavy (non-hydrogen) atoms. The number of nitrogens with two attached hydrogens (primary N) is 1. The number of hydrogen-bond donors (Lipinski definition) is 2. The second-order valence-corrected chi connectivity index (χ2v) is 2.81. The molecule has 0 spiro atoms. The molecule has 0 aromatic heterocycles. The van der Waals surface area contributed by atoms with Crippen LogP contribution in [0, 0.1) is 0 Å². The van der Waals surface area contributed by atoms with Gasteiger partial charge in [0.25, 0.3) is 0 Å². The second kappa shape index (κ2) is 3.56. The van der Waals surface area contributed by atoms with Crippen LogP contribution in [-0.2, 0) is 4.79 Å². The highest BCUT2D eigenvalue weighted by molar-refractivity contribution is 5.76. The topological polar surface area (TPSA) is 55.1 Å². The van der Waals surface area contributed by atoms with Crippen molar-refractivity contribution in [2.45, 2.75) is 31.7 Å². The summed E-state index contributed by atoms with van der Waals surface area (Å²) >= 11 is 0. The first-order valence-electron chi connectivity index (χ1n) is 3.81. The number of carbonyl (C=O) groups is 1. The van der Waals surface area contributed by atoms with Crippen LogP contribution in [0.3, 0.4) is 0 Å². The molecule has 0 bridgehead atoms. The Balaban J connectivity index is 2.32. The minimum atomic E-state index is 0.0836. The standard InChI is InChI=1S/C7H14N2O/c8-6-3-1-2-4-9-7(10)5-6/h6H,1-5,8H2,(H,9,10). The summed E-state index contributed by atoms with van der Waals surface area (Å²) in [6, 6.07) is 0.0836. The Bertz CT molecular complexity index is 125. The Morgan fingerprint density at radius 1 is 1.50 bits per heavy atom. The van der Waals surface area contributed by atoms with E-state index in [2.05, 4.69) is 5.32 Å². The van der Waals surface area contributed by atoms with Crippen molar-refractivity contribution in [3.05, 3.63) is 0 Å². The maximum absolute atomic E-state index is 10.9. The molecule has 0 radical (unpaired) electrons. The molecule has 1 atom stereocenters. The van der Waals surface area contributed by atoms with Gasteiger partial charge in [0.2, 0.25) is 5.91 Å². The summed E-state index contributed by atoms with van der Waals surface area (Å²) in [4.78, 5) is 10.9. The quantitative estimate of drug-likeness (QED) is 0.500. The summed E-state index contributed by atoms with van der Waals surface area (Å²) in [5, 5.41) is 2.80. The van der Waals surface area contributed by atoms with Gasteiger partial charge in [-0.3, -0.25) is 4.79 Å². The maximum Gasteiger partial charge on any atom is 0.221 e. The van der Waals surface area contributed by atoms with Crippen LogP contribution in [0.15, 0.2) is 0 Å². The third-order valence-electron chi connectivity index (χ3n) is 1.77. The van der Waals surface area contributed by atoms with Gasteiger partial charge in [-0.25, -0.2) is 0 Å². The minimum absolute atomic E-state index is 0.0836. The van der Waals surface area contributed by atoms with E-state index in [0.717, 1.165) is 25.8 Å². The molecule has 1 saturated heterocycles. The molecule has 3 N–H and O–H groups in total. The van der Waals surface area contributed by atoms with Gasteiger partial charge < -0.3 is 11.1 Å². The van der Waals surface area contributed by atoms with Gasteiger partial charge in [-0.2, -0.15) is 0 Å². The number of hydrogen-bond acceptors (Lipinski definition) is 2. The Morgan fingerprint density at radius 2 is 2.30 bits per heavy atom. The third-order valence-corrected chi connectivity index (χ3v) is 1.77. The van der Waals surface area contributed by atoms with Crippen molar-refractivity contribution in [1.82, 2.24) is 5.32 Å². The summed E-state index contributed by atoms with van der Waals surface area (Å²) in [6.07, 6.45) is 3.70. The fourth-order valence-corrected chi connectivity index (χ4v) is 1.17. The zero-order valence-corrected chi connectivity index (χ0v) is 6.10. The van der Waals surface area contributed by atoms with E-state index in [9.17, 15) is 4.79 Å². The van der Waals surface area contributed by atoms with E-state index in [1.807, 2.05) is 0 Å². The molecule has 58 valence electrons. The highest BCUT2D eigenvalue weighted by Gasteiger charge is 2.11. The normalized spacial score (nSPS) is 28.5. The fraction of sp³-hybridized carbons (Fsp3) is 0.857. The molecule has 1 rings (SSSR count). The molecular weight excluding hydrogens is 128 g/mol. The summed E-state index contributed by atoms with van der Waals surface area (Å²) < 4.78 is 0. The number of nitrogens with one attached hydrogen (secondary N) is 1. The monoisotopic (exact) mass is 142 g/mol. The first kappa shape index (κ1) is 7.54. The first-order chi connectivity index (χ1) is 4.79. The summed E-state index contributed by atoms with van der Waals surface area (Å²) in [5.74, 6) is 0.104. The van der Waals surface area contributed by atoms with Crippen LogP contribution < -0.4 is 11.1 Å². The zero-order valence-electron chi connectivity index (χ0n) is 6.10. The van der Waals surface area contributed by atoms with Crippen molar-refractivity contribution < 1.29 is 4.79 Å². The predicted octanol–water partition coefficient (Wildman–Crippen LogP) is 0.00390. The molecule has 1 fully saturated rings. The van der Waals surface area contributed by atoms with Crippen molar-refractivity contribution in [2.75, 3.05) is 6.54 Å². The molecule has 0 aromatic carbocycles. The smallest absolute Gasteiger partial charge is 0.221 e. The van der Waals surface area contributed by atoms with Crippen LogP contribution in [-0.4, -0.2) is 18.5 Å². The summed E-state index contributed by atoms with van der Waals surface area (Å²) in [7, 11) is 0. The van der Waals surface area contributed by atoms with E-state index >= 15 is 0 Å². The number of carbonyl (C=O) groups excluding carboxylic acids is 1. The van der Waals surface area contributed by atoms with E-state index in [4.69, 9.17) is 5.73 Å². The lowest BCUT2D eigenvalue weighted by atomic mass is 10.1. The summed E-state index contributed by atoms with van der Waals surface area (Å²) in [5.41, 5.74) is 5.63. The van der Waals surface area contributed by atoms with Crippen molar-refractivity contribution in [1.29, 1.82) is 0 Å². The fourth-order valence-electron chi connectivity index (χ4n) is 1.17. The molecule has 1 heterocycles.